The molecule has 0 aliphatic carbocycles. The average molecular weight is 420 g/mol. The number of hydrogen-bond donors (Lipinski definition) is 0. The molecule has 1 aromatic heterocycles. The first-order chi connectivity index (χ1) is 14.8. The van der Waals surface area contributed by atoms with Gasteiger partial charge in [-0.05, 0) is 67.1 Å². The van der Waals surface area contributed by atoms with Gasteiger partial charge in [0, 0.05) is 13.1 Å². The van der Waals surface area contributed by atoms with E-state index >= 15 is 0 Å². The first kappa shape index (κ1) is 18.3. The Bertz CT molecular complexity index is 1090. The first-order valence-corrected chi connectivity index (χ1v) is 11.7. The van der Waals surface area contributed by atoms with Gasteiger partial charge in [0.1, 0.15) is 6.10 Å². The molecule has 3 saturated heterocycles. The molecule has 7 rings (SSSR count). The maximum Gasteiger partial charge on any atom is 0.410 e. The second-order valence-electron chi connectivity index (χ2n) is 8.68. The van der Waals surface area contributed by atoms with Crippen molar-refractivity contribution in [3.8, 4) is 0 Å². The van der Waals surface area contributed by atoms with Crippen molar-refractivity contribution in [3.63, 3.8) is 0 Å². The number of nitrogens with zero attached hydrogens (tertiary/aromatic N) is 3. The Kier molecular flexibility index (Phi) is 4.50. The van der Waals surface area contributed by atoms with Crippen LogP contribution in [0.1, 0.15) is 35.6 Å². The van der Waals surface area contributed by atoms with Crippen molar-refractivity contribution in [1.29, 1.82) is 0 Å². The highest BCUT2D eigenvalue weighted by Crippen LogP contribution is 2.38. The van der Waals surface area contributed by atoms with E-state index in [1.54, 1.807) is 11.3 Å². The van der Waals surface area contributed by atoms with Crippen molar-refractivity contribution in [2.75, 3.05) is 26.2 Å². The number of rotatable bonds is 2. The molecule has 4 aliphatic heterocycles. The Morgan fingerprint density at radius 2 is 1.97 bits per heavy atom. The van der Waals surface area contributed by atoms with Gasteiger partial charge in [0.05, 0.1) is 21.8 Å². The van der Waals surface area contributed by atoms with Crippen LogP contribution in [-0.4, -0.2) is 53.2 Å². The summed E-state index contributed by atoms with van der Waals surface area (Å²) < 4.78 is 7.29. The van der Waals surface area contributed by atoms with Gasteiger partial charge in [-0.15, -0.1) is 11.3 Å². The molecule has 30 heavy (non-hydrogen) atoms. The van der Waals surface area contributed by atoms with Crippen LogP contribution in [0.4, 0.5) is 4.79 Å². The predicted octanol–water partition coefficient (Wildman–Crippen LogP) is 4.47. The number of ether oxygens (including phenoxy) is 1. The Hall–Kier alpha value is -2.44. The maximum absolute atomic E-state index is 13.4. The third-order valence-electron chi connectivity index (χ3n) is 7.04. The van der Waals surface area contributed by atoms with Gasteiger partial charge in [0.15, 0.2) is 0 Å². The van der Waals surface area contributed by atoms with Crippen LogP contribution in [0.2, 0.25) is 0 Å². The van der Waals surface area contributed by atoms with Crippen LogP contribution in [0.25, 0.3) is 10.2 Å². The summed E-state index contributed by atoms with van der Waals surface area (Å²) in [5.74, 6) is 0.517. The third-order valence-corrected chi connectivity index (χ3v) is 7.83. The lowest BCUT2D eigenvalue weighted by Crippen LogP contribution is -2.53. The van der Waals surface area contributed by atoms with Crippen molar-refractivity contribution in [2.45, 2.75) is 31.4 Å². The zero-order valence-electron chi connectivity index (χ0n) is 16.9. The third kappa shape index (κ3) is 3.10. The van der Waals surface area contributed by atoms with Gasteiger partial charge in [-0.25, -0.2) is 9.78 Å². The fraction of sp³-hybridized carbons (Fsp3) is 0.417. The van der Waals surface area contributed by atoms with E-state index in [-0.39, 0.29) is 18.2 Å². The molecule has 5 heterocycles. The highest BCUT2D eigenvalue weighted by Gasteiger charge is 2.39. The topological polar surface area (TPSA) is 45.7 Å². The number of aromatic nitrogens is 1. The zero-order chi connectivity index (χ0) is 20.1. The van der Waals surface area contributed by atoms with E-state index in [9.17, 15) is 4.79 Å². The molecule has 0 radical (unpaired) electrons. The molecule has 4 aliphatic rings. The SMILES string of the molecule is O=C(O[C@@H]1CN2CCC1CC2)N1CCc2ccccc2[C@H]1c1ccc2ncsc2c1. The molecule has 0 N–H and O–H groups in total. The van der Waals surface area contributed by atoms with Gasteiger partial charge in [0.25, 0.3) is 0 Å². The highest BCUT2D eigenvalue weighted by atomic mass is 32.1. The number of carbonyl (C=O) groups excluding carboxylic acids is 1. The van der Waals surface area contributed by atoms with E-state index in [1.165, 1.54) is 11.1 Å². The molecule has 3 aromatic rings. The monoisotopic (exact) mass is 419 g/mol. The standard InChI is InChI=1S/C24H25N3O2S/c28-24(29-21-14-26-10-7-17(21)8-11-26)27-12-9-16-3-1-2-4-19(16)23(27)18-5-6-20-22(13-18)30-15-25-20/h1-6,13,15,17,21,23H,7-12,14H2/t21-,23-/m1/s1. The Labute approximate surface area is 180 Å². The summed E-state index contributed by atoms with van der Waals surface area (Å²) in [4.78, 5) is 22.2. The lowest BCUT2D eigenvalue weighted by atomic mass is 9.86. The summed E-state index contributed by atoms with van der Waals surface area (Å²) in [5.41, 5.74) is 6.54. The maximum atomic E-state index is 13.4. The largest absolute Gasteiger partial charge is 0.444 e. The number of amides is 1. The summed E-state index contributed by atoms with van der Waals surface area (Å²) >= 11 is 1.64. The van der Waals surface area contributed by atoms with Gasteiger partial charge < -0.3 is 4.74 Å². The quantitative estimate of drug-likeness (QED) is 0.615. The smallest absolute Gasteiger partial charge is 0.410 e. The minimum absolute atomic E-state index is 0.0294. The second kappa shape index (κ2) is 7.36. The van der Waals surface area contributed by atoms with Crippen LogP contribution in [-0.2, 0) is 11.2 Å². The molecule has 5 nitrogen and oxygen atoms in total. The van der Waals surface area contributed by atoms with Crippen molar-refractivity contribution >= 4 is 27.6 Å². The van der Waals surface area contributed by atoms with Crippen molar-refractivity contribution < 1.29 is 9.53 Å². The summed E-state index contributed by atoms with van der Waals surface area (Å²) in [6.07, 6.45) is 3.02. The lowest BCUT2D eigenvalue weighted by Gasteiger charge is -2.45. The molecule has 2 bridgehead atoms. The number of carbonyl (C=O) groups is 1. The molecule has 3 fully saturated rings. The lowest BCUT2D eigenvalue weighted by molar-refractivity contribution is -0.0462. The minimum atomic E-state index is -0.169. The molecule has 6 heteroatoms. The second-order valence-corrected chi connectivity index (χ2v) is 9.57. The van der Waals surface area contributed by atoms with Crippen LogP contribution >= 0.6 is 11.3 Å². The molecule has 1 amide bonds. The predicted molar refractivity (Wildman–Crippen MR) is 118 cm³/mol. The van der Waals surface area contributed by atoms with E-state index in [1.807, 2.05) is 10.4 Å². The molecule has 154 valence electrons. The van der Waals surface area contributed by atoms with Crippen molar-refractivity contribution in [2.24, 2.45) is 5.92 Å². The summed E-state index contributed by atoms with van der Waals surface area (Å²) in [6, 6.07) is 14.7. The number of benzene rings is 2. The van der Waals surface area contributed by atoms with Crippen LogP contribution in [0.5, 0.6) is 0 Å². The summed E-state index contributed by atoms with van der Waals surface area (Å²) in [5, 5.41) is 0. The van der Waals surface area contributed by atoms with Crippen LogP contribution in [0, 0.1) is 5.92 Å². The van der Waals surface area contributed by atoms with Crippen LogP contribution < -0.4 is 0 Å². The van der Waals surface area contributed by atoms with Crippen molar-refractivity contribution in [1.82, 2.24) is 14.8 Å². The highest BCUT2D eigenvalue weighted by molar-refractivity contribution is 7.16. The minimum Gasteiger partial charge on any atom is -0.444 e. The Morgan fingerprint density at radius 1 is 1.10 bits per heavy atom. The normalized spacial score (nSPS) is 27.8. The Balaban J connectivity index is 1.34. The van der Waals surface area contributed by atoms with Gasteiger partial charge in [0.2, 0.25) is 0 Å². The Morgan fingerprint density at radius 3 is 2.80 bits per heavy atom. The molecule has 2 atom stereocenters. The van der Waals surface area contributed by atoms with Gasteiger partial charge in [-0.1, -0.05) is 30.3 Å². The van der Waals surface area contributed by atoms with E-state index in [4.69, 9.17) is 4.74 Å². The number of thiazole rings is 1. The van der Waals surface area contributed by atoms with E-state index in [0.29, 0.717) is 12.5 Å². The zero-order valence-corrected chi connectivity index (χ0v) is 17.7. The van der Waals surface area contributed by atoms with Gasteiger partial charge >= 0.3 is 6.09 Å². The van der Waals surface area contributed by atoms with E-state index in [2.05, 4.69) is 52.3 Å². The van der Waals surface area contributed by atoms with Gasteiger partial charge in [-0.3, -0.25) is 9.80 Å². The summed E-state index contributed by atoms with van der Waals surface area (Å²) in [7, 11) is 0. The molecule has 0 saturated carbocycles. The van der Waals surface area contributed by atoms with Crippen molar-refractivity contribution in [3.05, 3.63) is 64.7 Å². The summed E-state index contributed by atoms with van der Waals surface area (Å²) in [6.45, 7) is 3.86. The first-order valence-electron chi connectivity index (χ1n) is 10.9. The average Bonchev–Trinajstić information content (AvgIpc) is 3.27. The number of piperidine rings is 3. The van der Waals surface area contributed by atoms with E-state index < -0.39 is 0 Å². The number of fused-ring (bicyclic) bond motifs is 5. The van der Waals surface area contributed by atoms with Crippen LogP contribution in [0.3, 0.4) is 0 Å². The number of hydrogen-bond acceptors (Lipinski definition) is 5. The molecule has 0 unspecified atom stereocenters. The fourth-order valence-electron chi connectivity index (χ4n) is 5.41. The van der Waals surface area contributed by atoms with Crippen LogP contribution in [0.15, 0.2) is 48.0 Å². The van der Waals surface area contributed by atoms with E-state index in [0.717, 1.165) is 54.7 Å². The molecule has 0 spiro atoms. The fourth-order valence-corrected chi connectivity index (χ4v) is 6.13. The van der Waals surface area contributed by atoms with Gasteiger partial charge in [-0.2, -0.15) is 0 Å². The molecular weight excluding hydrogens is 394 g/mol. The molecular formula is C24H25N3O2S. The molecule has 2 aromatic carbocycles.